The number of hydrogen-bond acceptors (Lipinski definition) is 2. The summed E-state index contributed by atoms with van der Waals surface area (Å²) >= 11 is 5.94. The zero-order chi connectivity index (χ0) is 14.7. The van der Waals surface area contributed by atoms with Crippen molar-refractivity contribution in [2.75, 3.05) is 0 Å². The Kier molecular flexibility index (Phi) is 4.42. The second-order valence-electron chi connectivity index (χ2n) is 5.30. The van der Waals surface area contributed by atoms with Crippen LogP contribution in [0.2, 0.25) is 5.02 Å². The summed E-state index contributed by atoms with van der Waals surface area (Å²) in [6.45, 7) is 0.936. The fourth-order valence-electron chi connectivity index (χ4n) is 2.18. The Bertz CT molecular complexity index is 628. The summed E-state index contributed by atoms with van der Waals surface area (Å²) in [7, 11) is 0. The van der Waals surface area contributed by atoms with E-state index < -0.39 is 0 Å². The Balaban J connectivity index is 1.70. The largest absolute Gasteiger partial charge is 0.485 e. The summed E-state index contributed by atoms with van der Waals surface area (Å²) in [4.78, 5) is 0. The summed E-state index contributed by atoms with van der Waals surface area (Å²) in [6.07, 6.45) is 2.40. The van der Waals surface area contributed by atoms with E-state index in [-0.39, 0.29) is 5.82 Å². The highest BCUT2D eigenvalue weighted by Crippen LogP contribution is 2.26. The lowest BCUT2D eigenvalue weighted by molar-refractivity contribution is 0.286. The summed E-state index contributed by atoms with van der Waals surface area (Å²) in [5, 5.41) is 4.03. The minimum absolute atomic E-state index is 0.303. The van der Waals surface area contributed by atoms with Gasteiger partial charge in [0.1, 0.15) is 6.61 Å². The molecule has 1 aliphatic carbocycles. The van der Waals surface area contributed by atoms with Gasteiger partial charge in [0.15, 0.2) is 11.6 Å². The van der Waals surface area contributed by atoms with Crippen molar-refractivity contribution in [2.24, 2.45) is 0 Å². The van der Waals surface area contributed by atoms with Gasteiger partial charge in [-0.1, -0.05) is 35.9 Å². The number of para-hydroxylation sites is 1. The molecule has 0 heterocycles. The van der Waals surface area contributed by atoms with E-state index >= 15 is 0 Å². The van der Waals surface area contributed by atoms with Gasteiger partial charge in [0.05, 0.1) is 0 Å². The van der Waals surface area contributed by atoms with Crippen molar-refractivity contribution in [3.63, 3.8) is 0 Å². The molecular weight excluding hydrogens is 289 g/mol. The molecule has 0 atom stereocenters. The molecule has 0 unspecified atom stereocenters. The summed E-state index contributed by atoms with van der Waals surface area (Å²) in [5.74, 6) is -0.00208. The molecule has 3 rings (SSSR count). The third kappa shape index (κ3) is 3.96. The number of ether oxygens (including phenoxy) is 1. The first-order chi connectivity index (χ1) is 10.2. The van der Waals surface area contributed by atoms with Crippen LogP contribution in [-0.2, 0) is 13.2 Å². The van der Waals surface area contributed by atoms with Gasteiger partial charge in [-0.2, -0.15) is 0 Å². The number of hydrogen-bond donors (Lipinski definition) is 1. The number of halogens is 2. The van der Waals surface area contributed by atoms with Crippen LogP contribution in [0.15, 0.2) is 42.5 Å². The molecule has 1 aliphatic rings. The standard InChI is InChI=1S/C17H17ClFNO/c18-14-5-1-3-12(9-14)11-21-17-13(4-2-6-16(17)19)10-20-15-7-8-15/h1-6,9,15,20H,7-8,10-11H2. The van der Waals surface area contributed by atoms with Gasteiger partial charge in [-0.05, 0) is 36.6 Å². The minimum Gasteiger partial charge on any atom is -0.485 e. The molecule has 0 amide bonds. The second-order valence-corrected chi connectivity index (χ2v) is 5.74. The maximum Gasteiger partial charge on any atom is 0.165 e. The first-order valence-electron chi connectivity index (χ1n) is 7.10. The highest BCUT2D eigenvalue weighted by Gasteiger charge is 2.21. The van der Waals surface area contributed by atoms with Gasteiger partial charge >= 0.3 is 0 Å². The molecule has 110 valence electrons. The van der Waals surface area contributed by atoms with Crippen molar-refractivity contribution in [3.05, 3.63) is 64.4 Å². The smallest absolute Gasteiger partial charge is 0.165 e. The maximum absolute atomic E-state index is 14.0. The predicted molar refractivity (Wildman–Crippen MR) is 82.0 cm³/mol. The van der Waals surface area contributed by atoms with E-state index in [1.165, 1.54) is 18.9 Å². The first-order valence-corrected chi connectivity index (χ1v) is 7.48. The normalized spacial score (nSPS) is 14.2. The maximum atomic E-state index is 14.0. The fourth-order valence-corrected chi connectivity index (χ4v) is 2.39. The van der Waals surface area contributed by atoms with Crippen LogP contribution < -0.4 is 10.1 Å². The van der Waals surface area contributed by atoms with Gasteiger partial charge in [0.25, 0.3) is 0 Å². The van der Waals surface area contributed by atoms with Crippen molar-refractivity contribution in [2.45, 2.75) is 32.0 Å². The van der Waals surface area contributed by atoms with Gasteiger partial charge < -0.3 is 10.1 Å². The topological polar surface area (TPSA) is 21.3 Å². The summed E-state index contributed by atoms with van der Waals surface area (Å²) < 4.78 is 19.7. The Morgan fingerprint density at radius 3 is 2.76 bits per heavy atom. The summed E-state index contributed by atoms with van der Waals surface area (Å²) in [6, 6.07) is 13.0. The number of benzene rings is 2. The van der Waals surface area contributed by atoms with Crippen molar-refractivity contribution in [3.8, 4) is 5.75 Å². The molecule has 4 heteroatoms. The van der Waals surface area contributed by atoms with E-state index in [4.69, 9.17) is 16.3 Å². The van der Waals surface area contributed by atoms with Crippen molar-refractivity contribution in [1.82, 2.24) is 5.32 Å². The van der Waals surface area contributed by atoms with Crippen LogP contribution in [0.4, 0.5) is 4.39 Å². The Morgan fingerprint density at radius 1 is 1.19 bits per heavy atom. The molecule has 0 bridgehead atoms. The van der Waals surface area contributed by atoms with E-state index in [0.717, 1.165) is 11.1 Å². The Morgan fingerprint density at radius 2 is 2.00 bits per heavy atom. The van der Waals surface area contributed by atoms with E-state index in [0.29, 0.717) is 30.0 Å². The van der Waals surface area contributed by atoms with Crippen molar-refractivity contribution >= 4 is 11.6 Å². The molecule has 0 aliphatic heterocycles. The van der Waals surface area contributed by atoms with Crippen LogP contribution in [0, 0.1) is 5.82 Å². The van der Waals surface area contributed by atoms with Crippen LogP contribution in [0.5, 0.6) is 5.75 Å². The molecule has 1 fully saturated rings. The lowest BCUT2D eigenvalue weighted by atomic mass is 10.2. The van der Waals surface area contributed by atoms with Crippen molar-refractivity contribution in [1.29, 1.82) is 0 Å². The van der Waals surface area contributed by atoms with Gasteiger partial charge in [-0.25, -0.2) is 4.39 Å². The third-order valence-electron chi connectivity index (χ3n) is 3.48. The monoisotopic (exact) mass is 305 g/mol. The van der Waals surface area contributed by atoms with Crippen LogP contribution in [-0.4, -0.2) is 6.04 Å². The second kappa shape index (κ2) is 6.46. The highest BCUT2D eigenvalue weighted by atomic mass is 35.5. The zero-order valence-corrected chi connectivity index (χ0v) is 12.4. The van der Waals surface area contributed by atoms with E-state index in [9.17, 15) is 4.39 Å². The van der Waals surface area contributed by atoms with Crippen LogP contribution in [0.25, 0.3) is 0 Å². The molecule has 1 saturated carbocycles. The first kappa shape index (κ1) is 14.4. The quantitative estimate of drug-likeness (QED) is 0.858. The molecule has 0 saturated heterocycles. The van der Waals surface area contributed by atoms with Crippen LogP contribution in [0.3, 0.4) is 0 Å². The molecule has 0 spiro atoms. The van der Waals surface area contributed by atoms with Crippen LogP contribution >= 0.6 is 11.6 Å². The SMILES string of the molecule is Fc1cccc(CNC2CC2)c1OCc1cccc(Cl)c1. The average Bonchev–Trinajstić information content (AvgIpc) is 3.28. The van der Waals surface area contributed by atoms with E-state index in [2.05, 4.69) is 5.32 Å². The van der Waals surface area contributed by atoms with Gasteiger partial charge in [-0.15, -0.1) is 0 Å². The molecule has 0 radical (unpaired) electrons. The predicted octanol–water partition coefficient (Wildman–Crippen LogP) is 4.31. The lowest BCUT2D eigenvalue weighted by Crippen LogP contribution is -2.16. The fraction of sp³-hybridized carbons (Fsp3) is 0.294. The third-order valence-corrected chi connectivity index (χ3v) is 3.71. The van der Waals surface area contributed by atoms with E-state index in [1.54, 1.807) is 12.1 Å². The van der Waals surface area contributed by atoms with Crippen molar-refractivity contribution < 1.29 is 9.13 Å². The number of nitrogens with one attached hydrogen (secondary N) is 1. The molecule has 0 aromatic heterocycles. The van der Waals surface area contributed by atoms with E-state index in [1.807, 2.05) is 24.3 Å². The molecule has 1 N–H and O–H groups in total. The zero-order valence-electron chi connectivity index (χ0n) is 11.6. The lowest BCUT2D eigenvalue weighted by Gasteiger charge is -2.13. The highest BCUT2D eigenvalue weighted by molar-refractivity contribution is 6.30. The van der Waals surface area contributed by atoms with Gasteiger partial charge in [0, 0.05) is 23.2 Å². The number of rotatable bonds is 6. The average molecular weight is 306 g/mol. The summed E-state index contributed by atoms with van der Waals surface area (Å²) in [5.41, 5.74) is 1.77. The Labute approximate surface area is 128 Å². The van der Waals surface area contributed by atoms with Gasteiger partial charge in [0.2, 0.25) is 0 Å². The Hall–Kier alpha value is -1.58. The molecule has 2 aromatic carbocycles. The van der Waals surface area contributed by atoms with Crippen LogP contribution in [0.1, 0.15) is 24.0 Å². The molecule has 21 heavy (non-hydrogen) atoms. The molecule has 2 aromatic rings. The molecular formula is C17H17ClFNO. The van der Waals surface area contributed by atoms with Gasteiger partial charge in [-0.3, -0.25) is 0 Å². The minimum atomic E-state index is -0.327. The molecule has 2 nitrogen and oxygen atoms in total.